The highest BCUT2D eigenvalue weighted by atomic mass is 35.5. The number of hydrogen-bond acceptors (Lipinski definition) is 5. The van der Waals surface area contributed by atoms with E-state index in [0.29, 0.717) is 31.4 Å². The normalized spacial score (nSPS) is 16.6. The van der Waals surface area contributed by atoms with E-state index in [2.05, 4.69) is 10.1 Å². The van der Waals surface area contributed by atoms with Crippen molar-refractivity contribution in [3.63, 3.8) is 0 Å². The molecule has 0 unspecified atom stereocenters. The molecule has 0 aliphatic carbocycles. The molecular formula is C15H14ClF3N4O2. The van der Waals surface area contributed by atoms with Crippen molar-refractivity contribution in [1.82, 2.24) is 14.8 Å². The van der Waals surface area contributed by atoms with Crippen molar-refractivity contribution >= 4 is 17.3 Å². The minimum Gasteiger partial charge on any atom is -0.386 e. The molecule has 1 N–H and O–H groups in total. The van der Waals surface area contributed by atoms with Crippen LogP contribution in [0.2, 0.25) is 5.02 Å². The maximum absolute atomic E-state index is 12.6. The zero-order chi connectivity index (χ0) is 18.4. The fourth-order valence-electron chi connectivity index (χ4n) is 2.54. The number of nitrogens with zero attached hydrogens (tertiary/aromatic N) is 4. The van der Waals surface area contributed by atoms with Crippen molar-refractivity contribution < 1.29 is 18.3 Å². The second-order valence-corrected chi connectivity index (χ2v) is 6.28. The van der Waals surface area contributed by atoms with E-state index >= 15 is 0 Å². The van der Waals surface area contributed by atoms with Gasteiger partial charge in [-0.15, -0.1) is 0 Å². The molecule has 6 nitrogen and oxygen atoms in total. The smallest absolute Gasteiger partial charge is 0.386 e. The van der Waals surface area contributed by atoms with Crippen LogP contribution in [0.5, 0.6) is 0 Å². The van der Waals surface area contributed by atoms with Gasteiger partial charge < -0.3 is 10.0 Å². The highest BCUT2D eigenvalue weighted by Crippen LogP contribution is 2.32. The molecule has 25 heavy (non-hydrogen) atoms. The Kier molecular flexibility index (Phi) is 4.24. The first-order chi connectivity index (χ1) is 11.6. The lowest BCUT2D eigenvalue weighted by molar-refractivity contribution is -0.137. The van der Waals surface area contributed by atoms with Crippen LogP contribution in [-0.2, 0) is 6.18 Å². The molecule has 3 heterocycles. The summed E-state index contributed by atoms with van der Waals surface area (Å²) >= 11 is 6.09. The number of hydrogen-bond donors (Lipinski definition) is 1. The number of rotatable bonds is 3. The number of alkyl halides is 3. The van der Waals surface area contributed by atoms with Crippen molar-refractivity contribution in [3.8, 4) is 5.82 Å². The predicted octanol–water partition coefficient (Wildman–Crippen LogP) is 2.26. The van der Waals surface area contributed by atoms with Crippen molar-refractivity contribution in [3.05, 3.63) is 45.5 Å². The topological polar surface area (TPSA) is 71.2 Å². The molecule has 0 atom stereocenters. The van der Waals surface area contributed by atoms with Crippen LogP contribution < -0.4 is 10.5 Å². The summed E-state index contributed by atoms with van der Waals surface area (Å²) in [5.74, 6) is -0.0693. The molecule has 1 aliphatic rings. The third-order valence-corrected chi connectivity index (χ3v) is 4.52. The molecule has 2 aromatic rings. The first-order valence-corrected chi connectivity index (χ1v) is 7.81. The Morgan fingerprint density at radius 1 is 1.32 bits per heavy atom. The predicted molar refractivity (Wildman–Crippen MR) is 85.1 cm³/mol. The largest absolute Gasteiger partial charge is 0.417 e. The maximum Gasteiger partial charge on any atom is 0.417 e. The van der Waals surface area contributed by atoms with Crippen LogP contribution in [0.3, 0.4) is 0 Å². The molecule has 0 amide bonds. The summed E-state index contributed by atoms with van der Waals surface area (Å²) in [6.07, 6.45) is -1.99. The maximum atomic E-state index is 12.6. The SMILES string of the molecule is CCC1(O)CN(c2cnn(-c3ccc(C(F)(F)F)cn3)c(=O)c2Cl)C1. The third kappa shape index (κ3) is 3.21. The lowest BCUT2D eigenvalue weighted by atomic mass is 9.91. The lowest BCUT2D eigenvalue weighted by Gasteiger charge is -2.47. The Bertz CT molecular complexity index is 845. The second kappa shape index (κ2) is 5.99. The van der Waals surface area contributed by atoms with E-state index in [1.165, 1.54) is 6.20 Å². The van der Waals surface area contributed by atoms with Gasteiger partial charge in [-0.25, -0.2) is 4.98 Å². The quantitative estimate of drug-likeness (QED) is 0.892. The van der Waals surface area contributed by atoms with E-state index < -0.39 is 22.9 Å². The van der Waals surface area contributed by atoms with E-state index in [-0.39, 0.29) is 10.8 Å². The summed E-state index contributed by atoms with van der Waals surface area (Å²) < 4.78 is 38.6. The monoisotopic (exact) mass is 374 g/mol. The van der Waals surface area contributed by atoms with E-state index in [1.807, 2.05) is 6.92 Å². The van der Waals surface area contributed by atoms with Crippen molar-refractivity contribution in [1.29, 1.82) is 0 Å². The number of aromatic nitrogens is 3. The van der Waals surface area contributed by atoms with Gasteiger partial charge in [0.25, 0.3) is 5.56 Å². The molecule has 1 saturated heterocycles. The van der Waals surface area contributed by atoms with Crippen LogP contribution in [0.25, 0.3) is 5.82 Å². The molecule has 0 bridgehead atoms. The van der Waals surface area contributed by atoms with Gasteiger partial charge in [-0.1, -0.05) is 18.5 Å². The number of halogens is 4. The summed E-state index contributed by atoms with van der Waals surface area (Å²) in [5, 5.41) is 13.8. The molecule has 0 radical (unpaired) electrons. The molecule has 2 aromatic heterocycles. The molecule has 10 heteroatoms. The van der Waals surface area contributed by atoms with Crippen LogP contribution in [0.15, 0.2) is 29.3 Å². The van der Waals surface area contributed by atoms with Crippen LogP contribution >= 0.6 is 11.6 Å². The molecular weight excluding hydrogens is 361 g/mol. The van der Waals surface area contributed by atoms with Gasteiger partial charge >= 0.3 is 6.18 Å². The first-order valence-electron chi connectivity index (χ1n) is 7.43. The van der Waals surface area contributed by atoms with Crippen molar-refractivity contribution in [2.45, 2.75) is 25.1 Å². The molecule has 0 aromatic carbocycles. The summed E-state index contributed by atoms with van der Waals surface area (Å²) in [6.45, 7) is 2.51. The Labute approximate surface area is 145 Å². The minimum absolute atomic E-state index is 0.0693. The molecule has 0 saturated carbocycles. The zero-order valence-electron chi connectivity index (χ0n) is 13.1. The van der Waals surface area contributed by atoms with Crippen molar-refractivity contribution in [2.24, 2.45) is 0 Å². The first kappa shape index (κ1) is 17.7. The Balaban J connectivity index is 1.90. The summed E-state index contributed by atoms with van der Waals surface area (Å²) in [6, 6.07) is 1.86. The van der Waals surface area contributed by atoms with E-state index in [1.54, 1.807) is 4.90 Å². The van der Waals surface area contributed by atoms with E-state index in [0.717, 1.165) is 16.8 Å². The molecule has 0 spiro atoms. The van der Waals surface area contributed by atoms with Gasteiger partial charge in [-0.05, 0) is 18.6 Å². The van der Waals surface area contributed by atoms with Crippen LogP contribution in [0, 0.1) is 0 Å². The van der Waals surface area contributed by atoms with Gasteiger partial charge in [-0.3, -0.25) is 4.79 Å². The second-order valence-electron chi connectivity index (χ2n) is 5.90. The highest BCUT2D eigenvalue weighted by Gasteiger charge is 2.40. The number of β-amino-alcohol motifs (C(OH)–C–C–N with tert-alkyl or cyclic N) is 1. The van der Waals surface area contributed by atoms with Crippen molar-refractivity contribution in [2.75, 3.05) is 18.0 Å². The molecule has 1 fully saturated rings. The number of pyridine rings is 1. The summed E-state index contributed by atoms with van der Waals surface area (Å²) in [7, 11) is 0. The fourth-order valence-corrected chi connectivity index (χ4v) is 2.79. The Morgan fingerprint density at radius 2 is 2.00 bits per heavy atom. The van der Waals surface area contributed by atoms with Crippen LogP contribution in [-0.4, -0.2) is 38.6 Å². The highest BCUT2D eigenvalue weighted by molar-refractivity contribution is 6.33. The number of anilines is 1. The zero-order valence-corrected chi connectivity index (χ0v) is 13.8. The van der Waals surface area contributed by atoms with Gasteiger partial charge in [0.15, 0.2) is 5.82 Å². The Morgan fingerprint density at radius 3 is 2.52 bits per heavy atom. The third-order valence-electron chi connectivity index (χ3n) is 4.16. The number of aliphatic hydroxyl groups is 1. The minimum atomic E-state index is -4.51. The molecule has 134 valence electrons. The Hall–Kier alpha value is -2.13. The molecule has 1 aliphatic heterocycles. The summed E-state index contributed by atoms with van der Waals surface area (Å²) in [5.41, 5.74) is -2.06. The lowest BCUT2D eigenvalue weighted by Crippen LogP contribution is -2.62. The van der Waals surface area contributed by atoms with Gasteiger partial charge in [0.2, 0.25) is 0 Å². The van der Waals surface area contributed by atoms with Gasteiger partial charge in [0.1, 0.15) is 5.02 Å². The van der Waals surface area contributed by atoms with Crippen LogP contribution in [0.1, 0.15) is 18.9 Å². The average molecular weight is 375 g/mol. The van der Waals surface area contributed by atoms with Gasteiger partial charge in [0.05, 0.1) is 23.0 Å². The molecule has 3 rings (SSSR count). The van der Waals surface area contributed by atoms with Gasteiger partial charge in [0, 0.05) is 19.3 Å². The average Bonchev–Trinajstić information content (AvgIpc) is 2.54. The standard InChI is InChI=1S/C15H14ClF3N4O2/c1-2-14(25)7-22(8-14)10-6-21-23(13(24)12(10)16)11-4-3-9(5-20-11)15(17,18)19/h3-6,25H,2,7-8H2,1H3. The van der Waals surface area contributed by atoms with Crippen LogP contribution in [0.4, 0.5) is 18.9 Å². The van der Waals surface area contributed by atoms with Gasteiger partial charge in [-0.2, -0.15) is 23.0 Å². The van der Waals surface area contributed by atoms with E-state index in [4.69, 9.17) is 11.6 Å². The fraction of sp³-hybridized carbons (Fsp3) is 0.400. The summed E-state index contributed by atoms with van der Waals surface area (Å²) in [4.78, 5) is 17.7. The van der Waals surface area contributed by atoms with E-state index in [9.17, 15) is 23.1 Å².